The Hall–Kier alpha value is -1.68. The van der Waals surface area contributed by atoms with E-state index in [1.54, 1.807) is 7.11 Å². The minimum Gasteiger partial charge on any atom is -0.495 e. The second-order valence-electron chi connectivity index (χ2n) is 3.59. The van der Waals surface area contributed by atoms with Crippen molar-refractivity contribution in [2.45, 2.75) is 0 Å². The largest absolute Gasteiger partial charge is 0.495 e. The number of benzene rings is 2. The van der Waals surface area contributed by atoms with Gasteiger partial charge in [-0.25, -0.2) is 0 Å². The van der Waals surface area contributed by atoms with E-state index in [0.29, 0.717) is 11.4 Å². The predicted molar refractivity (Wildman–Crippen MR) is 74.8 cm³/mol. The molecule has 2 rings (SSSR count). The van der Waals surface area contributed by atoms with Crippen LogP contribution in [-0.2, 0) is 0 Å². The van der Waals surface area contributed by atoms with Crippen LogP contribution in [0, 0.1) is 0 Å². The lowest BCUT2D eigenvalue weighted by molar-refractivity contribution is 0.417. The van der Waals surface area contributed by atoms with Crippen LogP contribution in [0.25, 0.3) is 0 Å². The first-order valence-electron chi connectivity index (χ1n) is 5.15. The van der Waals surface area contributed by atoms with E-state index in [2.05, 4.69) is 21.2 Å². The fourth-order valence-corrected chi connectivity index (χ4v) is 1.92. The summed E-state index contributed by atoms with van der Waals surface area (Å²) in [5.74, 6) is 0.671. The van der Waals surface area contributed by atoms with E-state index in [-0.39, 0.29) is 0 Å². The zero-order valence-electron chi connectivity index (χ0n) is 9.41. The molecule has 0 atom stereocenters. The number of ether oxygens (including phenoxy) is 1. The zero-order valence-corrected chi connectivity index (χ0v) is 11.0. The van der Waals surface area contributed by atoms with Crippen molar-refractivity contribution in [2.24, 2.45) is 0 Å². The standard InChI is InChI=1S/C13H13BrN2O/c1-17-13-8-11(5-6-12(13)15)16-10-4-2-3-9(14)7-10/h2-8,16H,15H2,1H3. The number of rotatable bonds is 3. The number of hydrogen-bond donors (Lipinski definition) is 2. The third-order valence-corrected chi connectivity index (χ3v) is 2.84. The fourth-order valence-electron chi connectivity index (χ4n) is 1.52. The molecule has 17 heavy (non-hydrogen) atoms. The van der Waals surface area contributed by atoms with Gasteiger partial charge in [0.25, 0.3) is 0 Å². The molecule has 0 aliphatic carbocycles. The second-order valence-corrected chi connectivity index (χ2v) is 4.51. The SMILES string of the molecule is COc1cc(Nc2cccc(Br)c2)ccc1N. The second kappa shape index (κ2) is 5.10. The van der Waals surface area contributed by atoms with Crippen LogP contribution in [0.3, 0.4) is 0 Å². The molecule has 0 bridgehead atoms. The molecular weight excluding hydrogens is 280 g/mol. The van der Waals surface area contributed by atoms with E-state index < -0.39 is 0 Å². The Bertz CT molecular complexity index is 529. The highest BCUT2D eigenvalue weighted by Crippen LogP contribution is 2.27. The molecule has 88 valence electrons. The Balaban J connectivity index is 2.24. The molecule has 0 heterocycles. The first-order chi connectivity index (χ1) is 8.19. The average Bonchev–Trinajstić information content (AvgIpc) is 2.32. The Morgan fingerprint density at radius 1 is 1.12 bits per heavy atom. The first kappa shape index (κ1) is 11.8. The van der Waals surface area contributed by atoms with E-state index in [9.17, 15) is 0 Å². The highest BCUT2D eigenvalue weighted by molar-refractivity contribution is 9.10. The van der Waals surface area contributed by atoms with E-state index in [1.807, 2.05) is 42.5 Å². The first-order valence-corrected chi connectivity index (χ1v) is 5.94. The number of hydrogen-bond acceptors (Lipinski definition) is 3. The van der Waals surface area contributed by atoms with Gasteiger partial charge in [-0.05, 0) is 30.3 Å². The van der Waals surface area contributed by atoms with Gasteiger partial charge in [0.15, 0.2) is 0 Å². The number of anilines is 3. The summed E-state index contributed by atoms with van der Waals surface area (Å²) < 4.78 is 6.21. The molecule has 0 saturated carbocycles. The molecule has 0 spiro atoms. The summed E-state index contributed by atoms with van der Waals surface area (Å²) in [6, 6.07) is 13.6. The molecule has 0 saturated heterocycles. The molecule has 0 aliphatic rings. The maximum Gasteiger partial charge on any atom is 0.143 e. The smallest absolute Gasteiger partial charge is 0.143 e. The van der Waals surface area contributed by atoms with Crippen LogP contribution in [0.2, 0.25) is 0 Å². The van der Waals surface area contributed by atoms with E-state index >= 15 is 0 Å². The van der Waals surface area contributed by atoms with Gasteiger partial charge in [-0.15, -0.1) is 0 Å². The molecule has 0 aromatic heterocycles. The van der Waals surface area contributed by atoms with Gasteiger partial charge < -0.3 is 15.8 Å². The summed E-state index contributed by atoms with van der Waals surface area (Å²) in [6.07, 6.45) is 0. The lowest BCUT2D eigenvalue weighted by Gasteiger charge is -2.10. The van der Waals surface area contributed by atoms with Gasteiger partial charge in [0.05, 0.1) is 12.8 Å². The van der Waals surface area contributed by atoms with Crippen LogP contribution < -0.4 is 15.8 Å². The molecule has 0 unspecified atom stereocenters. The molecule has 4 heteroatoms. The van der Waals surface area contributed by atoms with Crippen molar-refractivity contribution < 1.29 is 4.74 Å². The zero-order chi connectivity index (χ0) is 12.3. The number of nitrogen functional groups attached to an aromatic ring is 1. The summed E-state index contributed by atoms with van der Waals surface area (Å²) >= 11 is 3.43. The normalized spacial score (nSPS) is 10.0. The molecule has 0 fully saturated rings. The lowest BCUT2D eigenvalue weighted by atomic mass is 10.2. The van der Waals surface area contributed by atoms with Crippen LogP contribution in [0.4, 0.5) is 17.1 Å². The van der Waals surface area contributed by atoms with Crippen LogP contribution in [0.5, 0.6) is 5.75 Å². The predicted octanol–water partition coefficient (Wildman–Crippen LogP) is 3.78. The maximum atomic E-state index is 5.76. The molecule has 0 amide bonds. The minimum atomic E-state index is 0.632. The molecule has 3 N–H and O–H groups in total. The maximum absolute atomic E-state index is 5.76. The Morgan fingerprint density at radius 2 is 1.88 bits per heavy atom. The van der Waals surface area contributed by atoms with Crippen molar-refractivity contribution in [1.29, 1.82) is 0 Å². The molecule has 2 aromatic rings. The molecule has 3 nitrogen and oxygen atoms in total. The Morgan fingerprint density at radius 3 is 2.59 bits per heavy atom. The molecular formula is C13H13BrN2O. The Kier molecular flexibility index (Phi) is 3.54. The molecule has 0 aliphatic heterocycles. The lowest BCUT2D eigenvalue weighted by Crippen LogP contribution is -1.95. The summed E-state index contributed by atoms with van der Waals surface area (Å²) in [4.78, 5) is 0. The van der Waals surface area contributed by atoms with Crippen molar-refractivity contribution in [1.82, 2.24) is 0 Å². The third-order valence-electron chi connectivity index (χ3n) is 2.35. The van der Waals surface area contributed by atoms with Crippen LogP contribution in [-0.4, -0.2) is 7.11 Å². The van der Waals surface area contributed by atoms with E-state index in [0.717, 1.165) is 15.8 Å². The number of nitrogens with one attached hydrogen (secondary N) is 1. The topological polar surface area (TPSA) is 47.3 Å². The number of methoxy groups -OCH3 is 1. The average molecular weight is 293 g/mol. The van der Waals surface area contributed by atoms with Crippen LogP contribution >= 0.6 is 15.9 Å². The summed E-state index contributed by atoms with van der Waals surface area (Å²) in [6.45, 7) is 0. The van der Waals surface area contributed by atoms with Crippen molar-refractivity contribution in [3.8, 4) is 5.75 Å². The van der Waals surface area contributed by atoms with E-state index in [1.165, 1.54) is 0 Å². The van der Waals surface area contributed by atoms with Crippen molar-refractivity contribution in [3.63, 3.8) is 0 Å². The van der Waals surface area contributed by atoms with Crippen LogP contribution in [0.15, 0.2) is 46.9 Å². The quantitative estimate of drug-likeness (QED) is 0.847. The Labute approximate surface area is 109 Å². The number of halogens is 1. The fraction of sp³-hybridized carbons (Fsp3) is 0.0769. The van der Waals surface area contributed by atoms with Crippen molar-refractivity contribution in [3.05, 3.63) is 46.9 Å². The van der Waals surface area contributed by atoms with Crippen molar-refractivity contribution in [2.75, 3.05) is 18.2 Å². The van der Waals surface area contributed by atoms with Gasteiger partial charge in [-0.1, -0.05) is 22.0 Å². The third kappa shape index (κ3) is 2.91. The molecule has 0 radical (unpaired) electrons. The van der Waals surface area contributed by atoms with Crippen LogP contribution in [0.1, 0.15) is 0 Å². The monoisotopic (exact) mass is 292 g/mol. The van der Waals surface area contributed by atoms with Crippen molar-refractivity contribution >= 4 is 33.0 Å². The highest BCUT2D eigenvalue weighted by Gasteiger charge is 2.01. The van der Waals surface area contributed by atoms with Gasteiger partial charge in [0, 0.05) is 21.9 Å². The van der Waals surface area contributed by atoms with Gasteiger partial charge in [0.1, 0.15) is 5.75 Å². The van der Waals surface area contributed by atoms with E-state index in [4.69, 9.17) is 10.5 Å². The number of nitrogens with two attached hydrogens (primary N) is 1. The summed E-state index contributed by atoms with van der Waals surface area (Å²) in [5.41, 5.74) is 8.33. The minimum absolute atomic E-state index is 0.632. The summed E-state index contributed by atoms with van der Waals surface area (Å²) in [7, 11) is 1.61. The van der Waals surface area contributed by atoms with Gasteiger partial charge in [0.2, 0.25) is 0 Å². The van der Waals surface area contributed by atoms with Gasteiger partial charge in [-0.3, -0.25) is 0 Å². The highest BCUT2D eigenvalue weighted by atomic mass is 79.9. The van der Waals surface area contributed by atoms with Gasteiger partial charge >= 0.3 is 0 Å². The summed E-state index contributed by atoms with van der Waals surface area (Å²) in [5, 5.41) is 3.28. The van der Waals surface area contributed by atoms with Gasteiger partial charge in [-0.2, -0.15) is 0 Å². The molecule has 2 aromatic carbocycles.